The number of aromatic nitrogens is 1. The maximum Gasteiger partial charge on any atom is 0.337 e. The molecule has 0 bridgehead atoms. The minimum Gasteiger partial charge on any atom is -0.465 e. The van der Waals surface area contributed by atoms with E-state index in [-0.39, 0.29) is 11.4 Å². The summed E-state index contributed by atoms with van der Waals surface area (Å²) < 4.78 is 31.3. The zero-order chi connectivity index (χ0) is 20.1. The highest BCUT2D eigenvalue weighted by Crippen LogP contribution is 2.19. The molecule has 0 saturated carbocycles. The maximum atomic E-state index is 13.7. The van der Waals surface area contributed by atoms with Crippen molar-refractivity contribution in [2.75, 3.05) is 17.7 Å². The Morgan fingerprint density at radius 2 is 1.71 bits per heavy atom. The number of anilines is 3. The molecule has 0 radical (unpaired) electrons. The highest BCUT2D eigenvalue weighted by molar-refractivity contribution is 6.03. The van der Waals surface area contributed by atoms with Crippen molar-refractivity contribution < 1.29 is 23.1 Å². The van der Waals surface area contributed by atoms with E-state index in [0.717, 1.165) is 12.1 Å². The van der Waals surface area contributed by atoms with Crippen LogP contribution in [0.4, 0.5) is 25.8 Å². The number of amides is 1. The number of benzene rings is 2. The molecule has 0 aliphatic carbocycles. The molecule has 3 rings (SSSR count). The lowest BCUT2D eigenvalue weighted by Crippen LogP contribution is -2.15. The number of pyridine rings is 1. The summed E-state index contributed by atoms with van der Waals surface area (Å²) in [7, 11) is 1.30. The normalized spacial score (nSPS) is 10.2. The van der Waals surface area contributed by atoms with Crippen LogP contribution in [0.5, 0.6) is 0 Å². The van der Waals surface area contributed by atoms with Gasteiger partial charge in [-0.1, -0.05) is 0 Å². The largest absolute Gasteiger partial charge is 0.465 e. The number of ether oxygens (including phenoxy) is 1. The van der Waals surface area contributed by atoms with Crippen molar-refractivity contribution >= 4 is 28.9 Å². The maximum absolute atomic E-state index is 13.7. The molecule has 0 spiro atoms. The Balaban J connectivity index is 1.72. The highest BCUT2D eigenvalue weighted by atomic mass is 19.1. The van der Waals surface area contributed by atoms with E-state index in [1.165, 1.54) is 19.4 Å². The molecule has 1 amide bonds. The summed E-state index contributed by atoms with van der Waals surface area (Å²) in [5.74, 6) is -2.70. The van der Waals surface area contributed by atoms with Gasteiger partial charge in [0.15, 0.2) is 0 Å². The van der Waals surface area contributed by atoms with Crippen LogP contribution >= 0.6 is 0 Å². The summed E-state index contributed by atoms with van der Waals surface area (Å²) in [5.41, 5.74) is 1.54. The van der Waals surface area contributed by atoms with Gasteiger partial charge in [0.05, 0.1) is 18.4 Å². The summed E-state index contributed by atoms with van der Waals surface area (Å²) in [6.07, 6.45) is 1.42. The van der Waals surface area contributed by atoms with Crippen LogP contribution in [0.25, 0.3) is 0 Å². The Kier molecular flexibility index (Phi) is 5.59. The van der Waals surface area contributed by atoms with E-state index in [1.807, 2.05) is 0 Å². The number of rotatable bonds is 5. The topological polar surface area (TPSA) is 80.3 Å². The summed E-state index contributed by atoms with van der Waals surface area (Å²) in [4.78, 5) is 27.7. The van der Waals surface area contributed by atoms with Crippen LogP contribution in [0.1, 0.15) is 20.8 Å². The average Bonchev–Trinajstić information content (AvgIpc) is 2.70. The molecule has 0 aliphatic rings. The van der Waals surface area contributed by atoms with E-state index < -0.39 is 23.5 Å². The number of nitrogens with zero attached hydrogens (tertiary/aromatic N) is 1. The zero-order valence-electron chi connectivity index (χ0n) is 14.7. The van der Waals surface area contributed by atoms with E-state index in [2.05, 4.69) is 20.4 Å². The second-order valence-corrected chi connectivity index (χ2v) is 5.70. The van der Waals surface area contributed by atoms with Gasteiger partial charge in [0.2, 0.25) is 0 Å². The monoisotopic (exact) mass is 383 g/mol. The third kappa shape index (κ3) is 4.47. The summed E-state index contributed by atoms with van der Waals surface area (Å²) in [6.45, 7) is 0. The first-order valence-corrected chi connectivity index (χ1v) is 8.14. The van der Waals surface area contributed by atoms with Crippen molar-refractivity contribution in [1.29, 1.82) is 0 Å². The lowest BCUT2D eigenvalue weighted by molar-refractivity contribution is 0.0600. The van der Waals surface area contributed by atoms with Gasteiger partial charge in [0.1, 0.15) is 17.3 Å². The Labute approximate surface area is 159 Å². The van der Waals surface area contributed by atoms with Crippen molar-refractivity contribution in [1.82, 2.24) is 4.98 Å². The van der Waals surface area contributed by atoms with Gasteiger partial charge in [-0.05, 0) is 48.5 Å². The van der Waals surface area contributed by atoms with E-state index in [0.29, 0.717) is 23.0 Å². The lowest BCUT2D eigenvalue weighted by Gasteiger charge is -2.09. The van der Waals surface area contributed by atoms with Gasteiger partial charge < -0.3 is 15.4 Å². The second kappa shape index (κ2) is 8.26. The van der Waals surface area contributed by atoms with Gasteiger partial charge in [0.25, 0.3) is 5.91 Å². The van der Waals surface area contributed by atoms with E-state index in [1.54, 1.807) is 30.3 Å². The number of halogens is 2. The third-order valence-corrected chi connectivity index (χ3v) is 3.77. The van der Waals surface area contributed by atoms with Gasteiger partial charge in [-0.2, -0.15) is 0 Å². The van der Waals surface area contributed by atoms with Crippen LogP contribution < -0.4 is 10.6 Å². The first-order valence-electron chi connectivity index (χ1n) is 8.14. The molecule has 6 nitrogen and oxygen atoms in total. The molecule has 3 aromatic rings. The molecule has 0 aliphatic heterocycles. The lowest BCUT2D eigenvalue weighted by atomic mass is 10.2. The quantitative estimate of drug-likeness (QED) is 0.647. The molecule has 0 atom stereocenters. The molecule has 0 fully saturated rings. The van der Waals surface area contributed by atoms with Crippen molar-refractivity contribution in [3.63, 3.8) is 0 Å². The van der Waals surface area contributed by atoms with E-state index in [9.17, 15) is 18.4 Å². The fraction of sp³-hybridized carbons (Fsp3) is 0.0500. The number of carbonyl (C=O) groups excluding carboxylic acids is 2. The zero-order valence-corrected chi connectivity index (χ0v) is 14.7. The van der Waals surface area contributed by atoms with Gasteiger partial charge in [-0.25, -0.2) is 13.6 Å². The van der Waals surface area contributed by atoms with Crippen LogP contribution in [-0.2, 0) is 4.74 Å². The van der Waals surface area contributed by atoms with Crippen molar-refractivity contribution in [3.05, 3.63) is 83.7 Å². The first-order chi connectivity index (χ1) is 13.5. The third-order valence-electron chi connectivity index (χ3n) is 3.77. The first kappa shape index (κ1) is 19.0. The summed E-state index contributed by atoms with van der Waals surface area (Å²) in [5, 5.41) is 5.42. The SMILES string of the molecule is COC(=O)c1ccc(Nc2ccnc(C(=O)Nc3ccc(F)cc3F)c2)cc1. The molecule has 28 heavy (non-hydrogen) atoms. The second-order valence-electron chi connectivity index (χ2n) is 5.70. The Morgan fingerprint density at radius 1 is 0.964 bits per heavy atom. The number of esters is 1. The van der Waals surface area contributed by atoms with Crippen LogP contribution in [0.3, 0.4) is 0 Å². The standard InChI is InChI=1S/C20H15F2N3O3/c1-28-20(27)12-2-5-14(6-3-12)24-15-8-9-23-18(11-15)19(26)25-17-7-4-13(21)10-16(17)22/h2-11H,1H3,(H,23,24)(H,25,26). The van der Waals surface area contributed by atoms with E-state index in [4.69, 9.17) is 0 Å². The number of methoxy groups -OCH3 is 1. The summed E-state index contributed by atoms with van der Waals surface area (Å²) >= 11 is 0. The highest BCUT2D eigenvalue weighted by Gasteiger charge is 2.12. The molecule has 0 unspecified atom stereocenters. The molecule has 0 saturated heterocycles. The predicted octanol–water partition coefficient (Wildman–Crippen LogP) is 4.14. The molecule has 2 N–H and O–H groups in total. The molecule has 2 aromatic carbocycles. The number of hydrogen-bond donors (Lipinski definition) is 2. The van der Waals surface area contributed by atoms with Crippen LogP contribution in [0.2, 0.25) is 0 Å². The number of hydrogen-bond acceptors (Lipinski definition) is 5. The Morgan fingerprint density at radius 3 is 2.39 bits per heavy atom. The van der Waals surface area contributed by atoms with Gasteiger partial charge >= 0.3 is 5.97 Å². The van der Waals surface area contributed by atoms with Gasteiger partial charge in [0, 0.05) is 23.6 Å². The smallest absolute Gasteiger partial charge is 0.337 e. The minimum atomic E-state index is -0.881. The van der Waals surface area contributed by atoms with Crippen LogP contribution in [0.15, 0.2) is 60.8 Å². The fourth-order valence-corrected chi connectivity index (χ4v) is 2.38. The average molecular weight is 383 g/mol. The fourth-order valence-electron chi connectivity index (χ4n) is 2.38. The van der Waals surface area contributed by atoms with Gasteiger partial charge in [-0.15, -0.1) is 0 Å². The van der Waals surface area contributed by atoms with Crippen molar-refractivity contribution in [3.8, 4) is 0 Å². The van der Waals surface area contributed by atoms with Crippen molar-refractivity contribution in [2.24, 2.45) is 0 Å². The molecule has 1 heterocycles. The van der Waals surface area contributed by atoms with Crippen LogP contribution in [-0.4, -0.2) is 24.0 Å². The Hall–Kier alpha value is -3.81. The summed E-state index contributed by atoms with van der Waals surface area (Å²) in [6, 6.07) is 12.5. The minimum absolute atomic E-state index is 0.0416. The van der Waals surface area contributed by atoms with Crippen molar-refractivity contribution in [2.45, 2.75) is 0 Å². The molecule has 142 valence electrons. The van der Waals surface area contributed by atoms with Gasteiger partial charge in [-0.3, -0.25) is 9.78 Å². The van der Waals surface area contributed by atoms with E-state index >= 15 is 0 Å². The molecule has 8 heteroatoms. The van der Waals surface area contributed by atoms with Crippen LogP contribution in [0, 0.1) is 11.6 Å². The molecular weight excluding hydrogens is 368 g/mol. The predicted molar refractivity (Wildman–Crippen MR) is 99.6 cm³/mol. The Bertz CT molecular complexity index is 1020. The molecule has 1 aromatic heterocycles. The number of carbonyl (C=O) groups is 2. The molecular formula is C20H15F2N3O3. The number of nitrogens with one attached hydrogen (secondary N) is 2.